The van der Waals surface area contributed by atoms with Crippen LogP contribution < -0.4 is 5.46 Å². The summed E-state index contributed by atoms with van der Waals surface area (Å²) in [5.41, 5.74) is 2.41. The van der Waals surface area contributed by atoms with E-state index in [9.17, 15) is 0 Å². The number of pyridine rings is 1. The number of aryl methyl sites for hydroxylation is 1. The molecule has 0 aromatic carbocycles. The smallest absolute Gasteiger partial charge is 0.399 e. The summed E-state index contributed by atoms with van der Waals surface area (Å²) < 4.78 is 14.1. The van der Waals surface area contributed by atoms with Gasteiger partial charge in [0, 0.05) is 24.9 Å². The predicted molar refractivity (Wildman–Crippen MR) is 76.4 cm³/mol. The van der Waals surface area contributed by atoms with E-state index in [4.69, 9.17) is 9.31 Å². The minimum absolute atomic E-state index is 0.319. The first-order valence-electron chi connectivity index (χ1n) is 6.57. The van der Waals surface area contributed by atoms with E-state index in [-0.39, 0.29) is 18.3 Å². The number of hydrogen-bond acceptors (Lipinski definition) is 3. The summed E-state index contributed by atoms with van der Waals surface area (Å²) in [6, 6.07) is 4.09. The van der Waals surface area contributed by atoms with Gasteiger partial charge in [-0.05, 0) is 39.8 Å². The van der Waals surface area contributed by atoms with Crippen molar-refractivity contribution in [2.75, 3.05) is 0 Å². The van der Waals surface area contributed by atoms with Crippen LogP contribution in [0.2, 0.25) is 0 Å². The second-order valence-electron chi connectivity index (χ2n) is 6.19. The van der Waals surface area contributed by atoms with Crippen molar-refractivity contribution < 1.29 is 9.31 Å². The zero-order chi connectivity index (χ0) is 13.8. The fraction of sp³-hybridized carbons (Fsp3) is 0.500. The Bertz CT molecular complexity index is 617. The topological polar surface area (TPSA) is 36.3 Å². The van der Waals surface area contributed by atoms with E-state index in [1.807, 2.05) is 25.5 Å². The maximum absolute atomic E-state index is 6.04. The van der Waals surface area contributed by atoms with Gasteiger partial charge >= 0.3 is 7.12 Å². The van der Waals surface area contributed by atoms with Crippen LogP contribution in [0.5, 0.6) is 0 Å². The molecular formula is C14H19BN2O2. The van der Waals surface area contributed by atoms with E-state index in [1.165, 1.54) is 0 Å². The molecule has 2 aromatic heterocycles. The van der Waals surface area contributed by atoms with Gasteiger partial charge in [0.15, 0.2) is 0 Å². The largest absolute Gasteiger partial charge is 0.496 e. The molecule has 0 saturated carbocycles. The Morgan fingerprint density at radius 1 is 1.16 bits per heavy atom. The zero-order valence-electron chi connectivity index (χ0n) is 12.1. The highest BCUT2D eigenvalue weighted by Gasteiger charge is 2.51. The molecule has 0 aliphatic carbocycles. The third kappa shape index (κ3) is 1.88. The van der Waals surface area contributed by atoms with E-state index >= 15 is 0 Å². The Labute approximate surface area is 113 Å². The molecule has 1 fully saturated rings. The van der Waals surface area contributed by atoms with Crippen molar-refractivity contribution in [2.24, 2.45) is 7.05 Å². The first kappa shape index (κ1) is 12.7. The Morgan fingerprint density at radius 3 is 2.42 bits per heavy atom. The van der Waals surface area contributed by atoms with E-state index < -0.39 is 0 Å². The number of fused-ring (bicyclic) bond motifs is 1. The molecule has 0 atom stereocenters. The second kappa shape index (κ2) is 3.84. The summed E-state index contributed by atoms with van der Waals surface area (Å²) in [6.45, 7) is 8.23. The van der Waals surface area contributed by atoms with Gasteiger partial charge < -0.3 is 13.9 Å². The molecule has 0 amide bonds. The van der Waals surface area contributed by atoms with Crippen molar-refractivity contribution >= 4 is 23.6 Å². The van der Waals surface area contributed by atoms with Gasteiger partial charge in [0.25, 0.3) is 0 Å². The lowest BCUT2D eigenvalue weighted by molar-refractivity contribution is 0.00578. The van der Waals surface area contributed by atoms with Gasteiger partial charge in [0.05, 0.1) is 22.2 Å². The SMILES string of the molecule is Cn1ccc2ncc(B3OC(C)(C)C(C)(C)O3)cc21. The summed E-state index contributed by atoms with van der Waals surface area (Å²) in [4.78, 5) is 4.46. The van der Waals surface area contributed by atoms with Gasteiger partial charge in [-0.1, -0.05) is 0 Å². The van der Waals surface area contributed by atoms with E-state index in [0.29, 0.717) is 0 Å². The van der Waals surface area contributed by atoms with Crippen molar-refractivity contribution in [3.63, 3.8) is 0 Å². The van der Waals surface area contributed by atoms with Crippen LogP contribution in [-0.2, 0) is 16.4 Å². The highest BCUT2D eigenvalue weighted by Crippen LogP contribution is 2.36. The quantitative estimate of drug-likeness (QED) is 0.733. The number of hydrogen-bond donors (Lipinski definition) is 0. The molecule has 0 bridgehead atoms. The van der Waals surface area contributed by atoms with Crippen molar-refractivity contribution in [1.29, 1.82) is 0 Å². The van der Waals surface area contributed by atoms with Crippen LogP contribution in [0.4, 0.5) is 0 Å². The van der Waals surface area contributed by atoms with Crippen LogP contribution >= 0.6 is 0 Å². The van der Waals surface area contributed by atoms with Crippen molar-refractivity contribution in [1.82, 2.24) is 9.55 Å². The lowest BCUT2D eigenvalue weighted by Crippen LogP contribution is -2.41. The van der Waals surface area contributed by atoms with Crippen molar-refractivity contribution in [2.45, 2.75) is 38.9 Å². The van der Waals surface area contributed by atoms with E-state index in [1.54, 1.807) is 0 Å². The van der Waals surface area contributed by atoms with Gasteiger partial charge in [0.1, 0.15) is 0 Å². The number of rotatable bonds is 1. The highest BCUT2D eigenvalue weighted by atomic mass is 16.7. The molecule has 0 spiro atoms. The standard InChI is InChI=1S/C14H19BN2O2/c1-13(2)14(3,4)19-15(18-13)10-8-12-11(16-9-10)6-7-17(12)5/h6-9H,1-5H3. The minimum atomic E-state index is -0.350. The summed E-state index contributed by atoms with van der Waals surface area (Å²) >= 11 is 0. The number of nitrogens with zero attached hydrogens (tertiary/aromatic N) is 2. The summed E-state index contributed by atoms with van der Waals surface area (Å²) in [7, 11) is 1.66. The molecule has 3 rings (SSSR count). The van der Waals surface area contributed by atoms with Crippen LogP contribution in [0.3, 0.4) is 0 Å². The predicted octanol–water partition coefficient (Wildman–Crippen LogP) is 1.87. The summed E-state index contributed by atoms with van der Waals surface area (Å²) in [5, 5.41) is 0. The summed E-state index contributed by atoms with van der Waals surface area (Å²) in [6.07, 6.45) is 3.84. The van der Waals surface area contributed by atoms with Crippen LogP contribution in [-0.4, -0.2) is 27.9 Å². The maximum Gasteiger partial charge on any atom is 0.496 e. The lowest BCUT2D eigenvalue weighted by Gasteiger charge is -2.32. The first-order chi connectivity index (χ1) is 8.80. The lowest BCUT2D eigenvalue weighted by atomic mass is 9.80. The average Bonchev–Trinajstić information content (AvgIpc) is 2.78. The Hall–Kier alpha value is -1.33. The fourth-order valence-electron chi connectivity index (χ4n) is 2.26. The van der Waals surface area contributed by atoms with E-state index in [2.05, 4.69) is 43.3 Å². The monoisotopic (exact) mass is 258 g/mol. The molecule has 0 unspecified atom stereocenters. The molecule has 1 aliphatic heterocycles. The van der Waals surface area contributed by atoms with Crippen molar-refractivity contribution in [3.05, 3.63) is 24.5 Å². The van der Waals surface area contributed by atoms with Gasteiger partial charge in [-0.2, -0.15) is 0 Å². The average molecular weight is 258 g/mol. The summed E-state index contributed by atoms with van der Waals surface area (Å²) in [5.74, 6) is 0. The molecule has 2 aromatic rings. The molecule has 3 heterocycles. The second-order valence-corrected chi connectivity index (χ2v) is 6.19. The highest BCUT2D eigenvalue weighted by molar-refractivity contribution is 6.62. The van der Waals surface area contributed by atoms with Gasteiger partial charge in [-0.3, -0.25) is 4.98 Å². The Kier molecular flexibility index (Phi) is 2.56. The zero-order valence-corrected chi connectivity index (χ0v) is 12.1. The fourth-order valence-corrected chi connectivity index (χ4v) is 2.26. The molecule has 5 heteroatoms. The molecule has 100 valence electrons. The van der Waals surface area contributed by atoms with Gasteiger partial charge in [0.2, 0.25) is 0 Å². The minimum Gasteiger partial charge on any atom is -0.399 e. The molecule has 0 radical (unpaired) electrons. The van der Waals surface area contributed by atoms with Crippen LogP contribution in [0, 0.1) is 0 Å². The van der Waals surface area contributed by atoms with E-state index in [0.717, 1.165) is 16.5 Å². The Balaban J connectivity index is 2.00. The Morgan fingerprint density at radius 2 is 1.79 bits per heavy atom. The van der Waals surface area contributed by atoms with Gasteiger partial charge in [-0.25, -0.2) is 0 Å². The first-order valence-corrected chi connectivity index (χ1v) is 6.57. The third-order valence-corrected chi connectivity index (χ3v) is 4.28. The molecule has 0 N–H and O–H groups in total. The third-order valence-electron chi connectivity index (χ3n) is 4.28. The normalized spacial score (nSPS) is 21.2. The number of aromatic nitrogens is 2. The van der Waals surface area contributed by atoms with Crippen LogP contribution in [0.1, 0.15) is 27.7 Å². The molecule has 19 heavy (non-hydrogen) atoms. The molecule has 1 aliphatic rings. The van der Waals surface area contributed by atoms with Crippen LogP contribution in [0.15, 0.2) is 24.5 Å². The van der Waals surface area contributed by atoms with Crippen LogP contribution in [0.25, 0.3) is 11.0 Å². The molecule has 4 nitrogen and oxygen atoms in total. The molecule has 1 saturated heterocycles. The van der Waals surface area contributed by atoms with Gasteiger partial charge in [-0.15, -0.1) is 0 Å². The molecular weight excluding hydrogens is 239 g/mol. The maximum atomic E-state index is 6.04. The van der Waals surface area contributed by atoms with Crippen molar-refractivity contribution in [3.8, 4) is 0 Å².